The summed E-state index contributed by atoms with van der Waals surface area (Å²) < 4.78 is 24.5. The number of sulfonamides is 1. The Labute approximate surface area is 136 Å². The Hall–Kier alpha value is -0.920. The summed E-state index contributed by atoms with van der Waals surface area (Å²) in [6.07, 6.45) is 2.85. The predicted octanol–water partition coefficient (Wildman–Crippen LogP) is 1.81. The number of thiophene rings is 1. The first-order valence-electron chi connectivity index (χ1n) is 7.48. The highest BCUT2D eigenvalue weighted by Crippen LogP contribution is 2.28. The highest BCUT2D eigenvalue weighted by molar-refractivity contribution is 7.88. The normalized spacial score (nSPS) is 18.3. The fraction of sp³-hybridized carbons (Fsp3) is 0.667. The lowest BCUT2D eigenvalue weighted by molar-refractivity contribution is -0.125. The molecule has 1 aromatic heterocycles. The fourth-order valence-electron chi connectivity index (χ4n) is 2.65. The van der Waals surface area contributed by atoms with E-state index >= 15 is 0 Å². The summed E-state index contributed by atoms with van der Waals surface area (Å²) in [4.78, 5) is 13.5. The Kier molecular flexibility index (Phi) is 5.29. The van der Waals surface area contributed by atoms with Crippen LogP contribution in [0.2, 0.25) is 0 Å². The van der Waals surface area contributed by atoms with E-state index in [1.54, 1.807) is 11.3 Å². The summed E-state index contributed by atoms with van der Waals surface area (Å²) in [7, 11) is -3.09. The summed E-state index contributed by atoms with van der Waals surface area (Å²) in [6.45, 7) is 5.58. The molecule has 0 aliphatic carbocycles. The molecule has 1 N–H and O–H groups in total. The lowest BCUT2D eigenvalue weighted by atomic mass is 9.89. The number of hydrogen-bond acceptors (Lipinski definition) is 4. The summed E-state index contributed by atoms with van der Waals surface area (Å²) >= 11 is 1.59. The van der Waals surface area contributed by atoms with E-state index in [1.807, 2.05) is 31.4 Å². The van der Waals surface area contributed by atoms with E-state index in [2.05, 4.69) is 5.32 Å². The first-order chi connectivity index (χ1) is 10.2. The van der Waals surface area contributed by atoms with Gasteiger partial charge in [0.05, 0.1) is 11.7 Å². The van der Waals surface area contributed by atoms with E-state index in [1.165, 1.54) is 10.6 Å². The van der Waals surface area contributed by atoms with E-state index in [9.17, 15) is 13.2 Å². The van der Waals surface area contributed by atoms with Crippen LogP contribution in [0.4, 0.5) is 0 Å². The number of piperidine rings is 1. The smallest absolute Gasteiger partial charge is 0.230 e. The largest absolute Gasteiger partial charge is 0.355 e. The standard InChI is InChI=1S/C15H24N2O3S2/c1-15(2,13-5-4-10-21-13)14(18)16-11-12-6-8-17(9-7-12)22(3,19)20/h4-5,10,12H,6-9,11H2,1-3H3,(H,16,18). The summed E-state index contributed by atoms with van der Waals surface area (Å²) in [5.74, 6) is 0.376. The minimum atomic E-state index is -3.09. The summed E-state index contributed by atoms with van der Waals surface area (Å²) in [5, 5.41) is 5.01. The van der Waals surface area contributed by atoms with Crippen LogP contribution >= 0.6 is 11.3 Å². The second-order valence-electron chi connectivity index (χ2n) is 6.42. The lowest BCUT2D eigenvalue weighted by Crippen LogP contribution is -2.44. The molecule has 22 heavy (non-hydrogen) atoms. The van der Waals surface area contributed by atoms with Gasteiger partial charge in [0.1, 0.15) is 0 Å². The average molecular weight is 345 g/mol. The minimum Gasteiger partial charge on any atom is -0.355 e. The Morgan fingerprint density at radius 2 is 2.05 bits per heavy atom. The molecule has 0 radical (unpaired) electrons. The molecule has 2 rings (SSSR count). The quantitative estimate of drug-likeness (QED) is 0.886. The average Bonchev–Trinajstić information content (AvgIpc) is 2.99. The van der Waals surface area contributed by atoms with E-state index in [0.29, 0.717) is 25.6 Å². The van der Waals surface area contributed by atoms with Gasteiger partial charge in [0.25, 0.3) is 0 Å². The SMILES string of the molecule is CC(C)(C(=O)NCC1CCN(S(C)(=O)=O)CC1)c1cccs1. The number of carbonyl (C=O) groups excluding carboxylic acids is 1. The molecule has 0 saturated carbocycles. The van der Waals surface area contributed by atoms with Gasteiger partial charge in [0, 0.05) is 24.5 Å². The van der Waals surface area contributed by atoms with E-state index in [4.69, 9.17) is 0 Å². The van der Waals surface area contributed by atoms with Gasteiger partial charge in [-0.25, -0.2) is 12.7 Å². The van der Waals surface area contributed by atoms with Crippen molar-refractivity contribution < 1.29 is 13.2 Å². The van der Waals surface area contributed by atoms with Crippen LogP contribution in [0.1, 0.15) is 31.6 Å². The Morgan fingerprint density at radius 1 is 1.41 bits per heavy atom. The van der Waals surface area contributed by atoms with Gasteiger partial charge >= 0.3 is 0 Å². The number of nitrogens with zero attached hydrogens (tertiary/aromatic N) is 1. The zero-order chi connectivity index (χ0) is 16.4. The summed E-state index contributed by atoms with van der Waals surface area (Å²) in [6, 6.07) is 3.94. The van der Waals surface area contributed by atoms with Crippen LogP contribution in [0.3, 0.4) is 0 Å². The van der Waals surface area contributed by atoms with Crippen LogP contribution < -0.4 is 5.32 Å². The third-order valence-corrected chi connectivity index (χ3v) is 6.80. The Morgan fingerprint density at radius 3 is 2.55 bits per heavy atom. The Balaban J connectivity index is 1.83. The van der Waals surface area contributed by atoms with Crippen molar-refractivity contribution in [1.29, 1.82) is 0 Å². The zero-order valence-electron chi connectivity index (χ0n) is 13.3. The third kappa shape index (κ3) is 4.08. The number of nitrogens with one attached hydrogen (secondary N) is 1. The van der Waals surface area contributed by atoms with Crippen LogP contribution in [0.25, 0.3) is 0 Å². The van der Waals surface area contributed by atoms with Crippen molar-refractivity contribution in [2.24, 2.45) is 5.92 Å². The maximum absolute atomic E-state index is 12.4. The third-order valence-electron chi connectivity index (χ3n) is 4.30. The molecule has 2 heterocycles. The Bertz CT molecular complexity index is 601. The fourth-order valence-corrected chi connectivity index (χ4v) is 4.37. The van der Waals surface area contributed by atoms with Crippen molar-refractivity contribution in [2.45, 2.75) is 32.1 Å². The molecule has 0 unspecified atom stereocenters. The van der Waals surface area contributed by atoms with Crippen molar-refractivity contribution in [3.05, 3.63) is 22.4 Å². The van der Waals surface area contributed by atoms with Gasteiger partial charge in [-0.3, -0.25) is 4.79 Å². The van der Waals surface area contributed by atoms with Crippen molar-refractivity contribution in [3.8, 4) is 0 Å². The molecule has 5 nitrogen and oxygen atoms in total. The maximum atomic E-state index is 12.4. The zero-order valence-corrected chi connectivity index (χ0v) is 15.0. The molecular weight excluding hydrogens is 320 g/mol. The topological polar surface area (TPSA) is 66.5 Å². The molecule has 124 valence electrons. The second kappa shape index (κ2) is 6.68. The van der Waals surface area contributed by atoms with E-state index < -0.39 is 15.4 Å². The van der Waals surface area contributed by atoms with Crippen LogP contribution in [-0.4, -0.2) is 44.5 Å². The molecule has 0 atom stereocenters. The lowest BCUT2D eigenvalue weighted by Gasteiger charge is -2.31. The van der Waals surface area contributed by atoms with Crippen molar-refractivity contribution in [2.75, 3.05) is 25.9 Å². The first-order valence-corrected chi connectivity index (χ1v) is 10.2. The molecule has 1 saturated heterocycles. The molecule has 7 heteroatoms. The van der Waals surface area contributed by atoms with Gasteiger partial charge in [-0.1, -0.05) is 6.07 Å². The van der Waals surface area contributed by atoms with Gasteiger partial charge in [-0.2, -0.15) is 0 Å². The molecule has 1 aliphatic rings. The van der Waals surface area contributed by atoms with Gasteiger partial charge in [0.2, 0.25) is 15.9 Å². The molecule has 1 amide bonds. The molecule has 0 bridgehead atoms. The van der Waals surface area contributed by atoms with Gasteiger partial charge in [-0.05, 0) is 44.1 Å². The van der Waals surface area contributed by atoms with Crippen LogP contribution in [-0.2, 0) is 20.2 Å². The van der Waals surface area contributed by atoms with Crippen molar-refractivity contribution in [1.82, 2.24) is 9.62 Å². The van der Waals surface area contributed by atoms with Crippen LogP contribution in [0, 0.1) is 5.92 Å². The van der Waals surface area contributed by atoms with Gasteiger partial charge in [-0.15, -0.1) is 11.3 Å². The van der Waals surface area contributed by atoms with E-state index in [0.717, 1.165) is 17.7 Å². The number of rotatable bonds is 5. The molecule has 0 aromatic carbocycles. The monoisotopic (exact) mass is 344 g/mol. The molecular formula is C15H24N2O3S2. The summed E-state index contributed by atoms with van der Waals surface area (Å²) in [5.41, 5.74) is -0.526. The van der Waals surface area contributed by atoms with Crippen LogP contribution in [0.15, 0.2) is 17.5 Å². The van der Waals surface area contributed by atoms with Crippen molar-refractivity contribution >= 4 is 27.3 Å². The van der Waals surface area contributed by atoms with Crippen LogP contribution in [0.5, 0.6) is 0 Å². The first kappa shape index (κ1) is 17.4. The predicted molar refractivity (Wildman–Crippen MR) is 89.5 cm³/mol. The number of hydrogen-bond donors (Lipinski definition) is 1. The highest BCUT2D eigenvalue weighted by atomic mass is 32.2. The minimum absolute atomic E-state index is 0.0282. The molecule has 1 aliphatic heterocycles. The van der Waals surface area contributed by atoms with Crippen molar-refractivity contribution in [3.63, 3.8) is 0 Å². The van der Waals surface area contributed by atoms with Gasteiger partial charge in [0.15, 0.2) is 0 Å². The number of amides is 1. The molecule has 1 fully saturated rings. The second-order valence-corrected chi connectivity index (χ2v) is 9.35. The molecule has 0 spiro atoms. The maximum Gasteiger partial charge on any atom is 0.230 e. The van der Waals surface area contributed by atoms with E-state index in [-0.39, 0.29) is 5.91 Å². The number of carbonyl (C=O) groups is 1. The van der Waals surface area contributed by atoms with Gasteiger partial charge < -0.3 is 5.32 Å². The molecule has 1 aromatic rings. The highest BCUT2D eigenvalue weighted by Gasteiger charge is 2.31.